The number of anilines is 1. The molecule has 182 valence electrons. The van der Waals surface area contributed by atoms with E-state index in [-0.39, 0.29) is 17.5 Å². The first-order valence-corrected chi connectivity index (χ1v) is 13.4. The van der Waals surface area contributed by atoms with Crippen LogP contribution in [0.15, 0.2) is 70.7 Å². The summed E-state index contributed by atoms with van der Waals surface area (Å²) in [5.41, 5.74) is 2.28. The molecule has 7 nitrogen and oxygen atoms in total. The summed E-state index contributed by atoms with van der Waals surface area (Å²) in [6.45, 7) is 0.832. The van der Waals surface area contributed by atoms with Gasteiger partial charge in [0.15, 0.2) is 11.5 Å². The van der Waals surface area contributed by atoms with Crippen LogP contribution in [0.5, 0.6) is 11.5 Å². The van der Waals surface area contributed by atoms with Crippen LogP contribution in [-0.2, 0) is 10.0 Å². The van der Waals surface area contributed by atoms with E-state index in [1.54, 1.807) is 41.4 Å². The van der Waals surface area contributed by atoms with E-state index in [0.717, 1.165) is 5.56 Å². The Labute approximate surface area is 218 Å². The second-order valence-corrected chi connectivity index (χ2v) is 11.1. The minimum absolute atomic E-state index is 0.0303. The molecule has 0 aromatic heterocycles. The summed E-state index contributed by atoms with van der Waals surface area (Å²) in [7, 11) is -3.81. The van der Waals surface area contributed by atoms with Crippen molar-refractivity contribution in [3.8, 4) is 11.5 Å². The Hall–Kier alpha value is -2.49. The van der Waals surface area contributed by atoms with E-state index >= 15 is 0 Å². The van der Waals surface area contributed by atoms with E-state index in [2.05, 4.69) is 4.72 Å². The van der Waals surface area contributed by atoms with Gasteiger partial charge in [-0.25, -0.2) is 13.1 Å². The number of nitrogens with one attached hydrogen (secondary N) is 1. The predicted octanol–water partition coefficient (Wildman–Crippen LogP) is 5.70. The Bertz CT molecular complexity index is 1400. The number of hydrogen-bond acceptors (Lipinski definition) is 6. The lowest BCUT2D eigenvalue weighted by Gasteiger charge is -2.25. The molecule has 3 aromatic rings. The normalized spacial score (nSPS) is 17.4. The minimum atomic E-state index is -3.81. The molecule has 0 saturated carbocycles. The van der Waals surface area contributed by atoms with Crippen LogP contribution >= 0.6 is 34.8 Å². The molecule has 0 aliphatic carbocycles. The number of fused-ring (bicyclic) bond motifs is 1. The van der Waals surface area contributed by atoms with Crippen molar-refractivity contribution in [1.82, 2.24) is 4.72 Å². The maximum absolute atomic E-state index is 13.0. The summed E-state index contributed by atoms with van der Waals surface area (Å²) < 4.78 is 39.6. The van der Waals surface area contributed by atoms with Gasteiger partial charge in [-0.2, -0.15) is 5.10 Å². The van der Waals surface area contributed by atoms with Crippen LogP contribution in [-0.4, -0.2) is 33.9 Å². The molecule has 0 fully saturated rings. The maximum atomic E-state index is 13.0. The van der Waals surface area contributed by atoms with Gasteiger partial charge in [0, 0.05) is 22.5 Å². The van der Waals surface area contributed by atoms with Crippen molar-refractivity contribution in [2.45, 2.75) is 17.4 Å². The molecule has 11 heteroatoms. The Kier molecular flexibility index (Phi) is 6.83. The van der Waals surface area contributed by atoms with Crippen molar-refractivity contribution >= 4 is 56.2 Å². The molecule has 0 saturated heterocycles. The molecule has 1 atom stereocenters. The van der Waals surface area contributed by atoms with Gasteiger partial charge in [-0.05, 0) is 48.0 Å². The summed E-state index contributed by atoms with van der Waals surface area (Å²) in [5.74, 6) is 0.931. The molecule has 0 spiro atoms. The van der Waals surface area contributed by atoms with Crippen molar-refractivity contribution < 1.29 is 17.9 Å². The van der Waals surface area contributed by atoms with Crippen molar-refractivity contribution in [1.29, 1.82) is 0 Å². The third kappa shape index (κ3) is 5.22. The largest absolute Gasteiger partial charge is 0.486 e. The van der Waals surface area contributed by atoms with Crippen LogP contribution in [0.3, 0.4) is 0 Å². The molecule has 2 aliphatic rings. The number of sulfonamides is 1. The highest BCUT2D eigenvalue weighted by Crippen LogP contribution is 2.40. The molecular weight excluding hydrogens is 533 g/mol. The zero-order valence-electron chi connectivity index (χ0n) is 18.2. The quantitative estimate of drug-likeness (QED) is 0.424. The van der Waals surface area contributed by atoms with Gasteiger partial charge in [0.25, 0.3) is 0 Å². The van der Waals surface area contributed by atoms with E-state index in [1.807, 2.05) is 12.1 Å². The lowest BCUT2D eigenvalue weighted by atomic mass is 10.0. The first kappa shape index (κ1) is 24.2. The summed E-state index contributed by atoms with van der Waals surface area (Å²) in [4.78, 5) is 0.0900. The number of benzene rings is 3. The summed E-state index contributed by atoms with van der Waals surface area (Å²) in [6, 6.07) is 17.0. The number of hydrazone groups is 1. The zero-order valence-corrected chi connectivity index (χ0v) is 21.3. The molecule has 3 aromatic carbocycles. The minimum Gasteiger partial charge on any atom is -0.486 e. The monoisotopic (exact) mass is 551 g/mol. The van der Waals surface area contributed by atoms with Gasteiger partial charge >= 0.3 is 0 Å². The third-order valence-electron chi connectivity index (χ3n) is 5.67. The summed E-state index contributed by atoms with van der Waals surface area (Å²) >= 11 is 18.6. The van der Waals surface area contributed by atoms with Crippen molar-refractivity contribution in [3.63, 3.8) is 0 Å². The second-order valence-electron chi connectivity index (χ2n) is 8.01. The standard InChI is InChI=1S/C24H20Cl3N3O4S/c25-16-3-1-15(2-4-16)22-12-18(29-30(22)21-7-5-17(26)11-20(21)27)14-28-35(31,32)19-6-8-23-24(13-19)34-10-9-33-23/h1-8,11,13,22,28H,9-10,12,14H2. The smallest absolute Gasteiger partial charge is 0.241 e. The van der Waals surface area contributed by atoms with Crippen LogP contribution in [0.4, 0.5) is 5.69 Å². The van der Waals surface area contributed by atoms with E-state index in [1.165, 1.54) is 12.1 Å². The Morgan fingerprint density at radius 2 is 1.63 bits per heavy atom. The predicted molar refractivity (Wildman–Crippen MR) is 138 cm³/mol. The molecule has 2 aliphatic heterocycles. The van der Waals surface area contributed by atoms with Gasteiger partial charge in [-0.3, -0.25) is 5.01 Å². The van der Waals surface area contributed by atoms with Crippen LogP contribution in [0.25, 0.3) is 0 Å². The fraction of sp³-hybridized carbons (Fsp3) is 0.208. The molecule has 2 heterocycles. The van der Waals surface area contributed by atoms with Gasteiger partial charge < -0.3 is 9.47 Å². The second kappa shape index (κ2) is 9.87. The Balaban J connectivity index is 1.39. The lowest BCUT2D eigenvalue weighted by Crippen LogP contribution is -2.29. The van der Waals surface area contributed by atoms with Gasteiger partial charge in [0.05, 0.1) is 33.9 Å². The molecule has 0 bridgehead atoms. The maximum Gasteiger partial charge on any atom is 0.241 e. The topological polar surface area (TPSA) is 80.2 Å². The molecule has 0 amide bonds. The SMILES string of the molecule is O=S(=O)(NCC1=NN(c2ccc(Cl)cc2Cl)C(c2ccc(Cl)cc2)C1)c1ccc2c(c1)OCCO2. The molecule has 5 rings (SSSR count). The zero-order chi connectivity index (χ0) is 24.6. The van der Waals surface area contributed by atoms with E-state index in [4.69, 9.17) is 49.4 Å². The first-order valence-electron chi connectivity index (χ1n) is 10.8. The van der Waals surface area contributed by atoms with Gasteiger partial charge in [0.2, 0.25) is 10.0 Å². The first-order chi connectivity index (χ1) is 16.8. The van der Waals surface area contributed by atoms with Crippen LogP contribution in [0, 0.1) is 0 Å². The molecule has 0 radical (unpaired) electrons. The molecule has 1 N–H and O–H groups in total. The highest BCUT2D eigenvalue weighted by atomic mass is 35.5. The number of rotatable bonds is 6. The van der Waals surface area contributed by atoms with Crippen LogP contribution < -0.4 is 19.2 Å². The van der Waals surface area contributed by atoms with E-state index in [9.17, 15) is 8.42 Å². The molecule has 35 heavy (non-hydrogen) atoms. The number of nitrogens with zero attached hydrogens (tertiary/aromatic N) is 2. The summed E-state index contributed by atoms with van der Waals surface area (Å²) in [6.07, 6.45) is 0.490. The molecular formula is C24H20Cl3N3O4S. The van der Waals surface area contributed by atoms with Crippen molar-refractivity contribution in [2.75, 3.05) is 24.8 Å². The van der Waals surface area contributed by atoms with E-state index in [0.29, 0.717) is 57.6 Å². The molecule has 1 unspecified atom stereocenters. The van der Waals surface area contributed by atoms with Gasteiger partial charge in [0.1, 0.15) is 13.2 Å². The highest BCUT2D eigenvalue weighted by Gasteiger charge is 2.31. The lowest BCUT2D eigenvalue weighted by molar-refractivity contribution is 0.171. The Morgan fingerprint density at radius 3 is 2.37 bits per heavy atom. The average Bonchev–Trinajstić information content (AvgIpc) is 3.27. The highest BCUT2D eigenvalue weighted by molar-refractivity contribution is 7.89. The fourth-order valence-corrected chi connectivity index (χ4v) is 5.62. The van der Waals surface area contributed by atoms with Crippen LogP contribution in [0.2, 0.25) is 15.1 Å². The summed E-state index contributed by atoms with van der Waals surface area (Å²) in [5, 5.41) is 8.08. The average molecular weight is 553 g/mol. The number of hydrogen-bond donors (Lipinski definition) is 1. The van der Waals surface area contributed by atoms with Crippen molar-refractivity contribution in [3.05, 3.63) is 81.3 Å². The van der Waals surface area contributed by atoms with Gasteiger partial charge in [-0.1, -0.05) is 46.9 Å². The fourth-order valence-electron chi connectivity index (χ4n) is 3.97. The van der Waals surface area contributed by atoms with Crippen molar-refractivity contribution in [2.24, 2.45) is 5.10 Å². The van der Waals surface area contributed by atoms with E-state index < -0.39 is 10.0 Å². The Morgan fingerprint density at radius 1 is 0.914 bits per heavy atom. The third-order valence-corrected chi connectivity index (χ3v) is 7.86. The number of ether oxygens (including phenoxy) is 2. The van der Waals surface area contributed by atoms with Crippen LogP contribution in [0.1, 0.15) is 18.0 Å². The van der Waals surface area contributed by atoms with Gasteiger partial charge in [-0.15, -0.1) is 0 Å². The number of halogens is 3.